The summed E-state index contributed by atoms with van der Waals surface area (Å²) in [4.78, 5) is 10.8. The molecule has 1 saturated heterocycles. The van der Waals surface area contributed by atoms with Crippen molar-refractivity contribution in [2.75, 3.05) is 33.4 Å². The van der Waals surface area contributed by atoms with Gasteiger partial charge < -0.3 is 9.84 Å². The predicted molar refractivity (Wildman–Crippen MR) is 128 cm³/mol. The lowest BCUT2D eigenvalue weighted by Crippen LogP contribution is -2.42. The molecule has 2 aromatic heterocycles. The number of aliphatic hydroxyl groups is 1. The molecule has 4 rings (SSSR count). The van der Waals surface area contributed by atoms with Crippen LogP contribution in [-0.4, -0.2) is 53.3 Å². The van der Waals surface area contributed by atoms with Gasteiger partial charge in [-0.25, -0.2) is 9.37 Å². The topological polar surface area (TPSA) is 58.5 Å². The van der Waals surface area contributed by atoms with Gasteiger partial charge in [-0.1, -0.05) is 12.0 Å². The molecule has 5 nitrogen and oxygen atoms in total. The minimum atomic E-state index is -1.08. The van der Waals surface area contributed by atoms with E-state index in [4.69, 9.17) is 4.74 Å². The van der Waals surface area contributed by atoms with Crippen LogP contribution in [-0.2, 0) is 0 Å². The second-order valence-electron chi connectivity index (χ2n) is 8.57. The molecule has 1 N–H and O–H groups in total. The summed E-state index contributed by atoms with van der Waals surface area (Å²) >= 11 is 0. The highest BCUT2D eigenvalue weighted by atomic mass is 19.1. The van der Waals surface area contributed by atoms with Crippen molar-refractivity contribution in [3.8, 4) is 17.6 Å². The molecule has 3 aromatic rings. The lowest BCUT2D eigenvalue weighted by atomic mass is 9.81. The first-order chi connectivity index (χ1) is 16.2. The lowest BCUT2D eigenvalue weighted by Gasteiger charge is -2.37. The van der Waals surface area contributed by atoms with Crippen molar-refractivity contribution in [3.63, 3.8) is 0 Å². The summed E-state index contributed by atoms with van der Waals surface area (Å²) in [5.74, 6) is 7.41. The maximum Gasteiger partial charge on any atom is 0.126 e. The Morgan fingerprint density at radius 3 is 2.88 bits per heavy atom. The highest BCUT2D eigenvalue weighted by Crippen LogP contribution is 2.35. The Morgan fingerprint density at radius 1 is 1.18 bits per heavy atom. The molecule has 33 heavy (non-hydrogen) atoms. The minimum absolute atomic E-state index is 0.112. The van der Waals surface area contributed by atoms with Crippen molar-refractivity contribution in [2.45, 2.75) is 25.4 Å². The minimum Gasteiger partial charge on any atom is -0.497 e. The molecule has 6 heteroatoms. The largest absolute Gasteiger partial charge is 0.497 e. The highest BCUT2D eigenvalue weighted by Gasteiger charge is 2.29. The van der Waals surface area contributed by atoms with Crippen LogP contribution < -0.4 is 4.74 Å². The normalized spacial score (nSPS) is 19.6. The number of nitrogens with zero attached hydrogens (tertiary/aromatic N) is 3. The number of aromatic nitrogens is 2. The zero-order chi connectivity index (χ0) is 23.0. The monoisotopic (exact) mass is 447 g/mol. The van der Waals surface area contributed by atoms with E-state index in [1.807, 2.05) is 36.4 Å². The Balaban J connectivity index is 1.34. The van der Waals surface area contributed by atoms with Crippen LogP contribution in [0.3, 0.4) is 0 Å². The number of likely N-dealkylation sites (tertiary alicyclic amines) is 1. The van der Waals surface area contributed by atoms with Gasteiger partial charge >= 0.3 is 0 Å². The standard InChI is InChI=1S/C27H30FN3O2/c1-33-23-8-10-27-25(17-23)24(11-14-30-27)26(28)9-7-20-12-16-31(18-21(20)19-32)15-4-6-22-5-2-3-13-29-22/h2-3,5,8,10-11,13-14,17,20-21,26,32H,7,9,12,15-16,18-19H2,1H3/t20-,21-,26-/m1/s1. The van der Waals surface area contributed by atoms with Crippen molar-refractivity contribution in [2.24, 2.45) is 11.8 Å². The zero-order valence-corrected chi connectivity index (χ0v) is 19.0. The number of ether oxygens (including phenoxy) is 1. The summed E-state index contributed by atoms with van der Waals surface area (Å²) in [6.07, 6.45) is 4.43. The van der Waals surface area contributed by atoms with Gasteiger partial charge in [-0.15, -0.1) is 0 Å². The Morgan fingerprint density at radius 2 is 2.09 bits per heavy atom. The molecule has 0 saturated carbocycles. The van der Waals surface area contributed by atoms with Crippen LogP contribution >= 0.6 is 0 Å². The van der Waals surface area contributed by atoms with Crippen LogP contribution in [0.4, 0.5) is 4.39 Å². The molecule has 1 aliphatic rings. The molecular formula is C27H30FN3O2. The SMILES string of the molecule is COc1ccc2nccc([C@H](F)CC[C@@H]3CCN(CC#Cc4ccccn4)C[C@@H]3CO)c2c1. The fourth-order valence-electron chi connectivity index (χ4n) is 4.63. The number of fused-ring (bicyclic) bond motifs is 1. The van der Waals surface area contributed by atoms with Gasteiger partial charge in [0.25, 0.3) is 0 Å². The molecule has 0 unspecified atom stereocenters. The molecule has 1 aromatic carbocycles. The van der Waals surface area contributed by atoms with Crippen LogP contribution in [0.2, 0.25) is 0 Å². The third kappa shape index (κ3) is 5.87. The molecule has 1 fully saturated rings. The number of piperidine rings is 1. The van der Waals surface area contributed by atoms with E-state index in [9.17, 15) is 5.11 Å². The predicted octanol–water partition coefficient (Wildman–Crippen LogP) is 4.41. The number of hydrogen-bond donors (Lipinski definition) is 1. The summed E-state index contributed by atoms with van der Waals surface area (Å²) < 4.78 is 20.6. The maximum atomic E-state index is 15.3. The number of aliphatic hydroxyl groups excluding tert-OH is 1. The first kappa shape index (κ1) is 23.2. The molecule has 0 amide bonds. The van der Waals surface area contributed by atoms with Crippen molar-refractivity contribution < 1.29 is 14.2 Å². The third-order valence-electron chi connectivity index (χ3n) is 6.50. The number of pyridine rings is 2. The van der Waals surface area contributed by atoms with E-state index in [-0.39, 0.29) is 12.5 Å². The molecule has 172 valence electrons. The van der Waals surface area contributed by atoms with E-state index in [1.165, 1.54) is 0 Å². The molecule has 3 heterocycles. The van der Waals surface area contributed by atoms with Gasteiger partial charge in [-0.2, -0.15) is 0 Å². The Bertz CT molecular complexity index is 1110. The quantitative estimate of drug-likeness (QED) is 0.544. The van der Waals surface area contributed by atoms with Crippen molar-refractivity contribution >= 4 is 10.9 Å². The van der Waals surface area contributed by atoms with E-state index >= 15 is 4.39 Å². The van der Waals surface area contributed by atoms with Crippen molar-refractivity contribution in [1.82, 2.24) is 14.9 Å². The number of methoxy groups -OCH3 is 1. The Kier molecular flexibility index (Phi) is 7.87. The molecule has 0 spiro atoms. The fourth-order valence-corrected chi connectivity index (χ4v) is 4.63. The maximum absolute atomic E-state index is 15.3. The van der Waals surface area contributed by atoms with E-state index < -0.39 is 6.17 Å². The van der Waals surface area contributed by atoms with Crippen LogP contribution in [0.15, 0.2) is 54.9 Å². The third-order valence-corrected chi connectivity index (χ3v) is 6.50. The summed E-state index contributed by atoms with van der Waals surface area (Å²) in [5.41, 5.74) is 2.19. The van der Waals surface area contributed by atoms with Gasteiger partial charge in [-0.3, -0.25) is 9.88 Å². The summed E-state index contributed by atoms with van der Waals surface area (Å²) in [7, 11) is 1.61. The fraction of sp³-hybridized carbons (Fsp3) is 0.407. The van der Waals surface area contributed by atoms with Gasteiger partial charge in [0.05, 0.1) is 19.2 Å². The van der Waals surface area contributed by atoms with E-state index in [1.54, 1.807) is 25.6 Å². The smallest absolute Gasteiger partial charge is 0.126 e. The Labute approximate surface area is 194 Å². The van der Waals surface area contributed by atoms with E-state index in [0.29, 0.717) is 30.2 Å². The average Bonchev–Trinajstić information content (AvgIpc) is 2.87. The van der Waals surface area contributed by atoms with Crippen molar-refractivity contribution in [1.29, 1.82) is 0 Å². The average molecular weight is 448 g/mol. The molecule has 1 aliphatic heterocycles. The van der Waals surface area contributed by atoms with Crippen LogP contribution in [0.1, 0.15) is 36.7 Å². The highest BCUT2D eigenvalue weighted by molar-refractivity contribution is 5.83. The zero-order valence-electron chi connectivity index (χ0n) is 19.0. The van der Waals surface area contributed by atoms with Gasteiger partial charge in [0, 0.05) is 30.9 Å². The van der Waals surface area contributed by atoms with Gasteiger partial charge in [-0.05, 0) is 85.5 Å². The Hall–Kier alpha value is -3.01. The molecule has 0 radical (unpaired) electrons. The second-order valence-corrected chi connectivity index (χ2v) is 8.57. The van der Waals surface area contributed by atoms with Crippen LogP contribution in [0, 0.1) is 23.7 Å². The first-order valence-corrected chi connectivity index (χ1v) is 11.5. The summed E-state index contributed by atoms with van der Waals surface area (Å²) in [6.45, 7) is 2.45. The number of benzene rings is 1. The first-order valence-electron chi connectivity index (χ1n) is 11.5. The molecule has 0 aliphatic carbocycles. The van der Waals surface area contributed by atoms with E-state index in [2.05, 4.69) is 26.7 Å². The second kappa shape index (κ2) is 11.2. The molecule has 3 atom stereocenters. The molecular weight excluding hydrogens is 417 g/mol. The number of alkyl halides is 1. The van der Waals surface area contributed by atoms with Gasteiger partial charge in [0.1, 0.15) is 17.6 Å². The number of halogens is 1. The van der Waals surface area contributed by atoms with E-state index in [0.717, 1.165) is 42.5 Å². The van der Waals surface area contributed by atoms with Gasteiger partial charge in [0.15, 0.2) is 0 Å². The summed E-state index contributed by atoms with van der Waals surface area (Å²) in [5, 5.41) is 10.8. The van der Waals surface area contributed by atoms with Crippen molar-refractivity contribution in [3.05, 3.63) is 66.1 Å². The number of rotatable bonds is 7. The summed E-state index contributed by atoms with van der Waals surface area (Å²) in [6, 6.07) is 13.0. The van der Waals surface area contributed by atoms with Gasteiger partial charge in [0.2, 0.25) is 0 Å². The lowest BCUT2D eigenvalue weighted by molar-refractivity contribution is 0.0708. The number of hydrogen-bond acceptors (Lipinski definition) is 5. The van der Waals surface area contributed by atoms with Crippen LogP contribution in [0.25, 0.3) is 10.9 Å². The molecule has 0 bridgehead atoms. The van der Waals surface area contributed by atoms with Crippen LogP contribution in [0.5, 0.6) is 5.75 Å².